The van der Waals surface area contributed by atoms with Gasteiger partial charge in [0.2, 0.25) is 0 Å². The van der Waals surface area contributed by atoms with E-state index in [0.717, 1.165) is 11.3 Å². The van der Waals surface area contributed by atoms with Crippen LogP contribution < -0.4 is 0 Å². The van der Waals surface area contributed by atoms with Gasteiger partial charge < -0.3 is 4.74 Å². The molecule has 0 saturated carbocycles. The third kappa shape index (κ3) is 24.5. The number of hydrogen-bond acceptors (Lipinski definition) is 1. The first-order chi connectivity index (χ1) is 7.12. The van der Waals surface area contributed by atoms with Crippen LogP contribution in [0.15, 0.2) is 62.0 Å². The Morgan fingerprint density at radius 2 is 1.47 bits per heavy atom. The highest BCUT2D eigenvalue weighted by atomic mass is 16.5. The summed E-state index contributed by atoms with van der Waals surface area (Å²) in [7, 11) is 1.61. The van der Waals surface area contributed by atoms with Gasteiger partial charge in [0.15, 0.2) is 0 Å². The summed E-state index contributed by atoms with van der Waals surface area (Å²) in [4.78, 5) is 0. The van der Waals surface area contributed by atoms with Crippen molar-refractivity contribution in [3.05, 3.63) is 62.0 Å². The molecule has 0 aromatic rings. The van der Waals surface area contributed by atoms with E-state index < -0.39 is 0 Å². The second-order valence-corrected chi connectivity index (χ2v) is 2.27. The lowest BCUT2D eigenvalue weighted by Gasteiger charge is -1.97. The van der Waals surface area contributed by atoms with E-state index in [1.807, 2.05) is 26.8 Å². The zero-order chi connectivity index (χ0) is 12.7. The molecule has 15 heavy (non-hydrogen) atoms. The van der Waals surface area contributed by atoms with Crippen molar-refractivity contribution in [2.75, 3.05) is 7.11 Å². The van der Waals surface area contributed by atoms with Crippen LogP contribution in [0.4, 0.5) is 0 Å². The molecule has 0 aliphatic rings. The Hall–Kier alpha value is -1.50. The normalized spacial score (nSPS) is 8.13. The second kappa shape index (κ2) is 18.3. The molecule has 0 aliphatic heterocycles. The molecule has 0 unspecified atom stereocenters. The van der Waals surface area contributed by atoms with Crippen molar-refractivity contribution in [3.8, 4) is 0 Å². The van der Waals surface area contributed by atoms with E-state index in [0.29, 0.717) is 0 Å². The van der Waals surface area contributed by atoms with Gasteiger partial charge in [0.1, 0.15) is 5.76 Å². The van der Waals surface area contributed by atoms with E-state index >= 15 is 0 Å². The van der Waals surface area contributed by atoms with Crippen LogP contribution in [0.5, 0.6) is 0 Å². The first-order valence-electron chi connectivity index (χ1n) is 4.89. The molecule has 0 spiro atoms. The molecule has 86 valence electrons. The molecular weight excluding hydrogens is 184 g/mol. The van der Waals surface area contributed by atoms with Gasteiger partial charge in [-0.1, -0.05) is 57.9 Å². The predicted octanol–water partition coefficient (Wildman–Crippen LogP) is 4.66. The van der Waals surface area contributed by atoms with Crippen molar-refractivity contribution >= 4 is 0 Å². The van der Waals surface area contributed by atoms with E-state index in [4.69, 9.17) is 4.74 Å². The van der Waals surface area contributed by atoms with Crippen molar-refractivity contribution in [1.82, 2.24) is 0 Å². The van der Waals surface area contributed by atoms with Crippen LogP contribution in [0.3, 0.4) is 0 Å². The maximum Gasteiger partial charge on any atom is 0.118 e. The third-order valence-electron chi connectivity index (χ3n) is 0.992. The SMILES string of the molecule is C=C/C(=C\C(=C)C)OC.C=CC=C.CC. The average molecular weight is 208 g/mol. The van der Waals surface area contributed by atoms with Gasteiger partial charge in [0, 0.05) is 0 Å². The minimum Gasteiger partial charge on any atom is -0.497 e. The lowest BCUT2D eigenvalue weighted by atomic mass is 10.3. The molecule has 0 aromatic carbocycles. The van der Waals surface area contributed by atoms with Gasteiger partial charge in [-0.2, -0.15) is 0 Å². The van der Waals surface area contributed by atoms with Gasteiger partial charge in [0.25, 0.3) is 0 Å². The second-order valence-electron chi connectivity index (χ2n) is 2.27. The first-order valence-corrected chi connectivity index (χ1v) is 4.89. The van der Waals surface area contributed by atoms with Gasteiger partial charge in [-0.05, 0) is 19.1 Å². The average Bonchev–Trinajstić information content (AvgIpc) is 2.28. The molecule has 0 amide bonds. The van der Waals surface area contributed by atoms with Crippen LogP contribution in [-0.2, 0) is 4.74 Å². The lowest BCUT2D eigenvalue weighted by molar-refractivity contribution is 0.307. The van der Waals surface area contributed by atoms with Crippen molar-refractivity contribution in [2.45, 2.75) is 20.8 Å². The fourth-order valence-corrected chi connectivity index (χ4v) is 0.444. The molecule has 0 radical (unpaired) electrons. The summed E-state index contributed by atoms with van der Waals surface area (Å²) in [6.45, 7) is 19.9. The highest BCUT2D eigenvalue weighted by Crippen LogP contribution is 2.00. The largest absolute Gasteiger partial charge is 0.497 e. The minimum atomic E-state index is 0.752. The molecule has 0 N–H and O–H groups in total. The van der Waals surface area contributed by atoms with E-state index in [1.54, 1.807) is 25.3 Å². The van der Waals surface area contributed by atoms with Crippen LogP contribution >= 0.6 is 0 Å². The maximum atomic E-state index is 4.89. The summed E-state index contributed by atoms with van der Waals surface area (Å²) in [5.41, 5.74) is 0.965. The molecule has 0 aliphatic carbocycles. The molecule has 1 nitrogen and oxygen atoms in total. The summed E-state index contributed by atoms with van der Waals surface area (Å²) in [6, 6.07) is 0. The Kier molecular flexibility index (Phi) is 23.4. The number of rotatable bonds is 4. The summed E-state index contributed by atoms with van der Waals surface area (Å²) in [5.74, 6) is 0.752. The molecule has 1 heteroatoms. The topological polar surface area (TPSA) is 9.23 Å². The van der Waals surface area contributed by atoms with E-state index in [1.165, 1.54) is 0 Å². The maximum absolute atomic E-state index is 4.89. The van der Waals surface area contributed by atoms with E-state index in [-0.39, 0.29) is 0 Å². The standard InChI is InChI=1S/C8H12O.C4H6.C2H6/c1-5-8(9-4)6-7(2)3;1-3-4-2;1-2/h5-6H,1-2H2,3-4H3;3-4H,1-2H2;1-2H3/b8-6+;;. The van der Waals surface area contributed by atoms with Crippen LogP contribution in [0, 0.1) is 0 Å². The lowest BCUT2D eigenvalue weighted by Crippen LogP contribution is -1.80. The Morgan fingerprint density at radius 1 is 1.07 bits per heavy atom. The van der Waals surface area contributed by atoms with E-state index in [9.17, 15) is 0 Å². The smallest absolute Gasteiger partial charge is 0.118 e. The molecule has 0 aromatic heterocycles. The van der Waals surface area contributed by atoms with Crippen molar-refractivity contribution < 1.29 is 4.74 Å². The number of methoxy groups -OCH3 is 1. The van der Waals surface area contributed by atoms with Crippen molar-refractivity contribution in [3.63, 3.8) is 0 Å². The highest BCUT2D eigenvalue weighted by Gasteiger charge is 1.84. The summed E-state index contributed by atoms with van der Waals surface area (Å²) >= 11 is 0. The van der Waals surface area contributed by atoms with Crippen molar-refractivity contribution in [1.29, 1.82) is 0 Å². The molecule has 0 rings (SSSR count). The summed E-state index contributed by atoms with van der Waals surface area (Å²) in [6.07, 6.45) is 6.75. The summed E-state index contributed by atoms with van der Waals surface area (Å²) in [5, 5.41) is 0. The van der Waals surface area contributed by atoms with Crippen LogP contribution in [0.2, 0.25) is 0 Å². The minimum absolute atomic E-state index is 0.752. The number of hydrogen-bond donors (Lipinski definition) is 0. The quantitative estimate of drug-likeness (QED) is 0.482. The van der Waals surface area contributed by atoms with Gasteiger partial charge >= 0.3 is 0 Å². The Bertz CT molecular complexity index is 203. The summed E-state index contributed by atoms with van der Waals surface area (Å²) < 4.78 is 4.89. The molecule has 0 heterocycles. The zero-order valence-electron chi connectivity index (χ0n) is 10.5. The molecule has 0 atom stereocenters. The van der Waals surface area contributed by atoms with Crippen molar-refractivity contribution in [2.24, 2.45) is 0 Å². The monoisotopic (exact) mass is 208 g/mol. The zero-order valence-corrected chi connectivity index (χ0v) is 10.5. The first kappa shape index (κ1) is 19.1. The van der Waals surface area contributed by atoms with Gasteiger partial charge in [-0.3, -0.25) is 0 Å². The van der Waals surface area contributed by atoms with Gasteiger partial charge in [0.05, 0.1) is 7.11 Å². The van der Waals surface area contributed by atoms with Gasteiger partial charge in [-0.15, -0.1) is 0 Å². The molecule has 0 saturated heterocycles. The highest BCUT2D eigenvalue weighted by molar-refractivity contribution is 5.21. The molecule has 0 fully saturated rings. The predicted molar refractivity (Wildman–Crippen MR) is 71.8 cm³/mol. The fourth-order valence-electron chi connectivity index (χ4n) is 0.444. The Morgan fingerprint density at radius 3 is 1.53 bits per heavy atom. The van der Waals surface area contributed by atoms with E-state index in [2.05, 4.69) is 26.3 Å². The van der Waals surface area contributed by atoms with Gasteiger partial charge in [-0.25, -0.2) is 0 Å². The fraction of sp³-hybridized carbons (Fsp3) is 0.286. The molecule has 0 bridgehead atoms. The van der Waals surface area contributed by atoms with Crippen LogP contribution in [0.1, 0.15) is 20.8 Å². The van der Waals surface area contributed by atoms with Crippen LogP contribution in [0.25, 0.3) is 0 Å². The number of allylic oxidation sites excluding steroid dienone is 5. The molecular formula is C14H24O. The Balaban J connectivity index is -0.000000202. The van der Waals surface area contributed by atoms with Crippen LogP contribution in [-0.4, -0.2) is 7.11 Å². The Labute approximate surface area is 95.2 Å². The third-order valence-corrected chi connectivity index (χ3v) is 0.992. The number of ether oxygens (including phenoxy) is 1.